The van der Waals surface area contributed by atoms with Crippen molar-refractivity contribution in [2.45, 2.75) is 6.10 Å². The molecule has 1 aliphatic rings. The Bertz CT molecular complexity index is 711. The van der Waals surface area contributed by atoms with E-state index in [0.29, 0.717) is 31.7 Å². The van der Waals surface area contributed by atoms with E-state index in [1.54, 1.807) is 17.0 Å². The van der Waals surface area contributed by atoms with Gasteiger partial charge < -0.3 is 10.0 Å². The Labute approximate surface area is 145 Å². The molecule has 1 heterocycles. The number of piperazine rings is 1. The zero-order valence-corrected chi connectivity index (χ0v) is 13.7. The van der Waals surface area contributed by atoms with E-state index in [2.05, 4.69) is 0 Å². The van der Waals surface area contributed by atoms with Crippen molar-refractivity contribution in [3.63, 3.8) is 0 Å². The summed E-state index contributed by atoms with van der Waals surface area (Å²) >= 11 is 0. The molecule has 1 saturated heterocycles. The van der Waals surface area contributed by atoms with Gasteiger partial charge >= 0.3 is 0 Å². The van der Waals surface area contributed by atoms with E-state index in [9.17, 15) is 18.7 Å². The van der Waals surface area contributed by atoms with Gasteiger partial charge in [-0.1, -0.05) is 24.3 Å². The number of β-amino-alcohol motifs (C(OH)–C–C–N with tert-alkyl or cyclic N) is 1. The number of rotatable bonds is 4. The van der Waals surface area contributed by atoms with Gasteiger partial charge in [0.1, 0.15) is 11.6 Å². The zero-order chi connectivity index (χ0) is 17.8. The lowest BCUT2D eigenvalue weighted by molar-refractivity contribution is 0.0516. The van der Waals surface area contributed by atoms with Crippen molar-refractivity contribution in [3.05, 3.63) is 71.3 Å². The number of carbonyl (C=O) groups excluding carboxylic acids is 1. The van der Waals surface area contributed by atoms with Crippen LogP contribution in [0.4, 0.5) is 8.78 Å². The van der Waals surface area contributed by atoms with Crippen molar-refractivity contribution in [3.8, 4) is 0 Å². The molecule has 1 amide bonds. The third kappa shape index (κ3) is 4.03. The minimum atomic E-state index is -1.24. The van der Waals surface area contributed by atoms with Crippen LogP contribution in [-0.4, -0.2) is 53.5 Å². The first-order valence-corrected chi connectivity index (χ1v) is 8.25. The molecule has 1 atom stereocenters. The molecule has 132 valence electrons. The molecule has 1 unspecified atom stereocenters. The van der Waals surface area contributed by atoms with Crippen LogP contribution in [-0.2, 0) is 0 Å². The summed E-state index contributed by atoms with van der Waals surface area (Å²) in [7, 11) is 0. The summed E-state index contributed by atoms with van der Waals surface area (Å²) in [6, 6.07) is 12.6. The largest absolute Gasteiger partial charge is 0.387 e. The molecule has 0 bridgehead atoms. The molecule has 1 N–H and O–H groups in total. The quantitative estimate of drug-likeness (QED) is 0.925. The number of aliphatic hydroxyl groups is 1. The molecular formula is C19H20F2N2O2. The average Bonchev–Trinajstić information content (AvgIpc) is 2.62. The van der Waals surface area contributed by atoms with E-state index in [1.165, 1.54) is 6.07 Å². The van der Waals surface area contributed by atoms with Crippen LogP contribution >= 0.6 is 0 Å². The van der Waals surface area contributed by atoms with Crippen molar-refractivity contribution >= 4 is 5.91 Å². The monoisotopic (exact) mass is 346 g/mol. The van der Waals surface area contributed by atoms with Gasteiger partial charge in [-0.25, -0.2) is 8.78 Å². The number of benzene rings is 2. The molecule has 2 aromatic carbocycles. The van der Waals surface area contributed by atoms with E-state index in [4.69, 9.17) is 0 Å². The molecule has 0 spiro atoms. The normalized spacial score (nSPS) is 16.7. The Morgan fingerprint density at radius 2 is 1.56 bits per heavy atom. The summed E-state index contributed by atoms with van der Waals surface area (Å²) in [5, 5.41) is 10.2. The molecule has 0 saturated carbocycles. The molecule has 25 heavy (non-hydrogen) atoms. The molecule has 1 fully saturated rings. The molecule has 6 heteroatoms. The summed E-state index contributed by atoms with van der Waals surface area (Å²) in [5.41, 5.74) is 0.342. The summed E-state index contributed by atoms with van der Waals surface area (Å²) in [5.74, 6) is -1.52. The summed E-state index contributed by atoms with van der Waals surface area (Å²) < 4.78 is 27.5. The standard InChI is InChI=1S/C19H20F2N2O2/c20-15-7-4-8-16(21)18(15)17(24)13-22-9-11-23(12-10-22)19(25)14-5-2-1-3-6-14/h1-8,17,24H,9-13H2. The summed E-state index contributed by atoms with van der Waals surface area (Å²) in [6.07, 6.45) is -1.24. The Morgan fingerprint density at radius 1 is 0.960 bits per heavy atom. The first-order chi connectivity index (χ1) is 12.1. The van der Waals surface area contributed by atoms with E-state index in [1.807, 2.05) is 23.1 Å². The number of hydrogen-bond donors (Lipinski definition) is 1. The summed E-state index contributed by atoms with van der Waals surface area (Å²) in [6.45, 7) is 2.25. The van der Waals surface area contributed by atoms with Gasteiger partial charge in [-0.2, -0.15) is 0 Å². The number of amides is 1. The fraction of sp³-hybridized carbons (Fsp3) is 0.316. The van der Waals surface area contributed by atoms with Crippen LogP contribution in [0.2, 0.25) is 0 Å². The van der Waals surface area contributed by atoms with E-state index >= 15 is 0 Å². The van der Waals surface area contributed by atoms with Crippen LogP contribution in [0.15, 0.2) is 48.5 Å². The predicted molar refractivity (Wildman–Crippen MR) is 90.1 cm³/mol. The Morgan fingerprint density at radius 3 is 2.16 bits per heavy atom. The van der Waals surface area contributed by atoms with Crippen molar-refractivity contribution in [1.82, 2.24) is 9.80 Å². The highest BCUT2D eigenvalue weighted by molar-refractivity contribution is 5.94. The molecule has 4 nitrogen and oxygen atoms in total. The molecule has 0 aliphatic carbocycles. The summed E-state index contributed by atoms with van der Waals surface area (Å²) in [4.78, 5) is 16.1. The lowest BCUT2D eigenvalue weighted by atomic mass is 10.1. The van der Waals surface area contributed by atoms with Crippen molar-refractivity contribution in [1.29, 1.82) is 0 Å². The van der Waals surface area contributed by atoms with Crippen LogP contribution in [0, 0.1) is 11.6 Å². The van der Waals surface area contributed by atoms with Crippen molar-refractivity contribution < 1.29 is 18.7 Å². The van der Waals surface area contributed by atoms with Gasteiger partial charge in [0, 0.05) is 38.3 Å². The molecule has 1 aliphatic heterocycles. The van der Waals surface area contributed by atoms with E-state index in [-0.39, 0.29) is 18.0 Å². The van der Waals surface area contributed by atoms with E-state index < -0.39 is 17.7 Å². The number of aliphatic hydroxyl groups excluding tert-OH is 1. The molecule has 0 radical (unpaired) electrons. The molecule has 2 aromatic rings. The van der Waals surface area contributed by atoms with Gasteiger partial charge in [0.2, 0.25) is 0 Å². The van der Waals surface area contributed by atoms with Crippen molar-refractivity contribution in [2.24, 2.45) is 0 Å². The van der Waals surface area contributed by atoms with Gasteiger partial charge in [-0.3, -0.25) is 9.69 Å². The topological polar surface area (TPSA) is 43.8 Å². The third-order valence-corrected chi connectivity index (χ3v) is 4.44. The third-order valence-electron chi connectivity index (χ3n) is 4.44. The second-order valence-electron chi connectivity index (χ2n) is 6.11. The van der Waals surface area contributed by atoms with Gasteiger partial charge in [0.25, 0.3) is 5.91 Å². The second-order valence-corrected chi connectivity index (χ2v) is 6.11. The van der Waals surface area contributed by atoms with Gasteiger partial charge in [0.05, 0.1) is 11.7 Å². The Kier molecular flexibility index (Phi) is 5.40. The van der Waals surface area contributed by atoms with E-state index in [0.717, 1.165) is 12.1 Å². The van der Waals surface area contributed by atoms with Crippen LogP contribution in [0.5, 0.6) is 0 Å². The van der Waals surface area contributed by atoms with Crippen LogP contribution in [0.1, 0.15) is 22.0 Å². The second kappa shape index (κ2) is 7.72. The van der Waals surface area contributed by atoms with Gasteiger partial charge in [-0.05, 0) is 24.3 Å². The first-order valence-electron chi connectivity index (χ1n) is 8.25. The van der Waals surface area contributed by atoms with Crippen LogP contribution < -0.4 is 0 Å². The molecular weight excluding hydrogens is 326 g/mol. The minimum Gasteiger partial charge on any atom is -0.387 e. The lowest BCUT2D eigenvalue weighted by Crippen LogP contribution is -2.49. The number of hydrogen-bond acceptors (Lipinski definition) is 3. The fourth-order valence-electron chi connectivity index (χ4n) is 3.06. The fourth-order valence-corrected chi connectivity index (χ4v) is 3.06. The highest BCUT2D eigenvalue weighted by Gasteiger charge is 2.25. The molecule has 0 aromatic heterocycles. The smallest absolute Gasteiger partial charge is 0.253 e. The Balaban J connectivity index is 1.57. The number of halogens is 2. The van der Waals surface area contributed by atoms with Gasteiger partial charge in [-0.15, -0.1) is 0 Å². The number of carbonyl (C=O) groups is 1. The maximum atomic E-state index is 13.7. The number of nitrogens with zero attached hydrogens (tertiary/aromatic N) is 2. The average molecular weight is 346 g/mol. The predicted octanol–water partition coefficient (Wildman–Crippen LogP) is 2.46. The SMILES string of the molecule is O=C(c1ccccc1)N1CCN(CC(O)c2c(F)cccc2F)CC1. The van der Waals surface area contributed by atoms with Crippen molar-refractivity contribution in [2.75, 3.05) is 32.7 Å². The van der Waals surface area contributed by atoms with Gasteiger partial charge in [0.15, 0.2) is 0 Å². The maximum Gasteiger partial charge on any atom is 0.253 e. The maximum absolute atomic E-state index is 13.7. The highest BCUT2D eigenvalue weighted by Crippen LogP contribution is 2.22. The Hall–Kier alpha value is -2.31. The molecule has 3 rings (SSSR count). The first kappa shape index (κ1) is 17.5. The highest BCUT2D eigenvalue weighted by atomic mass is 19.1. The minimum absolute atomic E-state index is 0.0269. The van der Waals surface area contributed by atoms with Crippen LogP contribution in [0.25, 0.3) is 0 Å². The lowest BCUT2D eigenvalue weighted by Gasteiger charge is -2.35. The zero-order valence-electron chi connectivity index (χ0n) is 13.7. The van der Waals surface area contributed by atoms with Crippen LogP contribution in [0.3, 0.4) is 0 Å².